The molecule has 0 aromatic heterocycles. The molecule has 1 aliphatic rings. The summed E-state index contributed by atoms with van der Waals surface area (Å²) in [6.07, 6.45) is 3.89. The van der Waals surface area contributed by atoms with Gasteiger partial charge >= 0.3 is 0 Å². The molecule has 0 spiro atoms. The Morgan fingerprint density at radius 1 is 1.17 bits per heavy atom. The van der Waals surface area contributed by atoms with Gasteiger partial charge < -0.3 is 0 Å². The van der Waals surface area contributed by atoms with Gasteiger partial charge in [-0.15, -0.1) is 0 Å². The van der Waals surface area contributed by atoms with Crippen molar-refractivity contribution < 1.29 is 0 Å². The first-order valence-electron chi connectivity index (χ1n) is 3.79. The van der Waals surface area contributed by atoms with Crippen molar-refractivity contribution in [1.82, 2.24) is 0 Å². The lowest BCUT2D eigenvalue weighted by Gasteiger charge is -2.01. The molecule has 1 N–H and O–H groups in total. The van der Waals surface area contributed by atoms with E-state index in [0.717, 1.165) is 17.0 Å². The molecular formula is C10H9N2. The number of nitrogens with one attached hydrogen (secondary N) is 1. The van der Waals surface area contributed by atoms with Gasteiger partial charge in [-0.25, -0.2) is 0 Å². The Bertz CT molecular complexity index is 351. The fraction of sp³-hybridized carbons (Fsp3) is 0. The van der Waals surface area contributed by atoms with E-state index in [1.807, 2.05) is 36.4 Å². The fourth-order valence-electron chi connectivity index (χ4n) is 1.10. The Labute approximate surface area is 71.6 Å². The van der Waals surface area contributed by atoms with Crippen LogP contribution in [0.4, 0.5) is 5.69 Å². The lowest BCUT2D eigenvalue weighted by Crippen LogP contribution is -1.92. The predicted molar refractivity (Wildman–Crippen MR) is 51.9 cm³/mol. The summed E-state index contributed by atoms with van der Waals surface area (Å²) in [5, 5.41) is 4.03. The first kappa shape index (κ1) is 7.10. The highest BCUT2D eigenvalue weighted by Crippen LogP contribution is 2.18. The molecule has 0 saturated carbocycles. The number of anilines is 1. The Kier molecular flexibility index (Phi) is 1.67. The van der Waals surface area contributed by atoms with Gasteiger partial charge in [0.15, 0.2) is 0 Å². The first-order chi connectivity index (χ1) is 5.86. The van der Waals surface area contributed by atoms with Crippen LogP contribution in [0.15, 0.2) is 35.4 Å². The Morgan fingerprint density at radius 3 is 2.92 bits per heavy atom. The van der Waals surface area contributed by atoms with E-state index in [1.165, 1.54) is 0 Å². The van der Waals surface area contributed by atoms with Crippen LogP contribution in [0.1, 0.15) is 5.56 Å². The number of benzene rings is 1. The summed E-state index contributed by atoms with van der Waals surface area (Å²) < 4.78 is 0. The largest absolute Gasteiger partial charge is 0.278 e. The van der Waals surface area contributed by atoms with Gasteiger partial charge in [0.25, 0.3) is 0 Å². The number of hydrazone groups is 1. The van der Waals surface area contributed by atoms with Gasteiger partial charge in [-0.1, -0.05) is 24.3 Å². The minimum atomic E-state index is 0.742. The summed E-state index contributed by atoms with van der Waals surface area (Å²) in [6, 6.07) is 8.00. The molecule has 2 heteroatoms. The highest BCUT2D eigenvalue weighted by atomic mass is 15.3. The standard InChI is InChI=1S/C10H9N2/c1-8-6-7-9-4-2-3-5-10(9)12-11-8/h2-7,12H,1H2. The summed E-state index contributed by atoms with van der Waals surface area (Å²) in [4.78, 5) is 0. The maximum Gasteiger partial charge on any atom is 0.0634 e. The molecule has 1 aliphatic heterocycles. The molecule has 0 saturated heterocycles. The second kappa shape index (κ2) is 2.81. The Morgan fingerprint density at radius 2 is 2.00 bits per heavy atom. The lowest BCUT2D eigenvalue weighted by molar-refractivity contribution is 1.34. The van der Waals surface area contributed by atoms with Gasteiger partial charge in [-0.2, -0.15) is 5.10 Å². The molecule has 0 atom stereocenters. The van der Waals surface area contributed by atoms with E-state index in [9.17, 15) is 0 Å². The topological polar surface area (TPSA) is 24.4 Å². The van der Waals surface area contributed by atoms with Crippen LogP contribution in [-0.2, 0) is 0 Å². The zero-order chi connectivity index (χ0) is 8.39. The monoisotopic (exact) mass is 157 g/mol. The van der Waals surface area contributed by atoms with Crippen molar-refractivity contribution in [3.8, 4) is 0 Å². The molecule has 12 heavy (non-hydrogen) atoms. The smallest absolute Gasteiger partial charge is 0.0634 e. The molecule has 2 nitrogen and oxygen atoms in total. The lowest BCUT2D eigenvalue weighted by atomic mass is 10.1. The number of para-hydroxylation sites is 1. The van der Waals surface area contributed by atoms with Crippen molar-refractivity contribution in [3.05, 3.63) is 42.8 Å². The number of hydrogen-bond acceptors (Lipinski definition) is 2. The summed E-state index contributed by atoms with van der Waals surface area (Å²) in [7, 11) is 0. The third-order valence-corrected chi connectivity index (χ3v) is 1.74. The van der Waals surface area contributed by atoms with E-state index in [1.54, 1.807) is 0 Å². The number of allylic oxidation sites excluding steroid dienone is 1. The molecular weight excluding hydrogens is 148 g/mol. The van der Waals surface area contributed by atoms with Gasteiger partial charge in [-0.05, 0) is 24.6 Å². The molecule has 1 aromatic rings. The zero-order valence-corrected chi connectivity index (χ0v) is 6.62. The van der Waals surface area contributed by atoms with Crippen molar-refractivity contribution >= 4 is 17.5 Å². The van der Waals surface area contributed by atoms with E-state index >= 15 is 0 Å². The van der Waals surface area contributed by atoms with Crippen LogP contribution in [0.2, 0.25) is 0 Å². The van der Waals surface area contributed by atoms with Crippen LogP contribution in [0.25, 0.3) is 6.08 Å². The van der Waals surface area contributed by atoms with Gasteiger partial charge in [0.2, 0.25) is 0 Å². The summed E-state index contributed by atoms with van der Waals surface area (Å²) in [5.41, 5.74) is 5.84. The number of nitrogens with zero attached hydrogens (tertiary/aromatic N) is 1. The predicted octanol–water partition coefficient (Wildman–Crippen LogP) is 2.32. The number of fused-ring (bicyclic) bond motifs is 1. The molecule has 0 bridgehead atoms. The van der Waals surface area contributed by atoms with Crippen molar-refractivity contribution in [2.45, 2.75) is 0 Å². The first-order valence-corrected chi connectivity index (χ1v) is 3.79. The highest BCUT2D eigenvalue weighted by Gasteiger charge is 1.99. The molecule has 1 heterocycles. The molecule has 0 aliphatic carbocycles. The molecule has 2 rings (SSSR count). The van der Waals surface area contributed by atoms with E-state index in [-0.39, 0.29) is 0 Å². The Hall–Kier alpha value is -1.57. The van der Waals surface area contributed by atoms with Crippen molar-refractivity contribution in [3.63, 3.8) is 0 Å². The van der Waals surface area contributed by atoms with Crippen molar-refractivity contribution in [2.24, 2.45) is 5.10 Å². The van der Waals surface area contributed by atoms with Crippen LogP contribution >= 0.6 is 0 Å². The van der Waals surface area contributed by atoms with E-state index < -0.39 is 0 Å². The minimum Gasteiger partial charge on any atom is -0.278 e. The van der Waals surface area contributed by atoms with Crippen molar-refractivity contribution in [1.29, 1.82) is 0 Å². The second-order valence-corrected chi connectivity index (χ2v) is 2.64. The van der Waals surface area contributed by atoms with Crippen LogP contribution in [0.3, 0.4) is 0 Å². The van der Waals surface area contributed by atoms with Gasteiger partial charge in [-0.3, -0.25) is 5.43 Å². The zero-order valence-electron chi connectivity index (χ0n) is 6.62. The average molecular weight is 157 g/mol. The maximum absolute atomic E-state index is 4.03. The average Bonchev–Trinajstić information content (AvgIpc) is 2.29. The van der Waals surface area contributed by atoms with E-state index in [4.69, 9.17) is 0 Å². The Balaban J connectivity index is 2.48. The molecule has 59 valence electrons. The molecule has 0 amide bonds. The third kappa shape index (κ3) is 1.23. The summed E-state index contributed by atoms with van der Waals surface area (Å²) in [6.45, 7) is 3.74. The molecule has 0 unspecified atom stereocenters. The van der Waals surface area contributed by atoms with Gasteiger partial charge in [0.1, 0.15) is 0 Å². The van der Waals surface area contributed by atoms with E-state index in [2.05, 4.69) is 17.5 Å². The van der Waals surface area contributed by atoms with Crippen LogP contribution in [0.5, 0.6) is 0 Å². The fourth-order valence-corrected chi connectivity index (χ4v) is 1.10. The molecule has 1 aromatic carbocycles. The third-order valence-electron chi connectivity index (χ3n) is 1.74. The SMILES string of the molecule is [CH2]C1=NNc2ccccc2C=C1. The van der Waals surface area contributed by atoms with E-state index in [0.29, 0.717) is 0 Å². The van der Waals surface area contributed by atoms with Gasteiger partial charge in [0.05, 0.1) is 11.4 Å². The quantitative estimate of drug-likeness (QED) is 0.614. The van der Waals surface area contributed by atoms with Gasteiger partial charge in [0, 0.05) is 0 Å². The molecule has 0 fully saturated rings. The van der Waals surface area contributed by atoms with Crippen LogP contribution < -0.4 is 5.43 Å². The maximum atomic E-state index is 4.03. The van der Waals surface area contributed by atoms with Crippen molar-refractivity contribution in [2.75, 3.05) is 5.43 Å². The van der Waals surface area contributed by atoms with Crippen LogP contribution in [-0.4, -0.2) is 5.71 Å². The second-order valence-electron chi connectivity index (χ2n) is 2.64. The summed E-state index contributed by atoms with van der Waals surface area (Å²) >= 11 is 0. The number of rotatable bonds is 0. The number of hydrogen-bond donors (Lipinski definition) is 1. The minimum absolute atomic E-state index is 0.742. The highest BCUT2D eigenvalue weighted by molar-refractivity contribution is 6.03. The van der Waals surface area contributed by atoms with Crippen LogP contribution in [0, 0.1) is 6.92 Å². The molecule has 1 radical (unpaired) electrons. The summed E-state index contributed by atoms with van der Waals surface area (Å²) in [5.74, 6) is 0. The normalized spacial score (nSPS) is 14.2.